The molecule has 0 bridgehead atoms. The van der Waals surface area contributed by atoms with Gasteiger partial charge in [0.1, 0.15) is 0 Å². The maximum absolute atomic E-state index is 12.2. The molecule has 1 aromatic heterocycles. The molecule has 150 valence electrons. The zero-order valence-electron chi connectivity index (χ0n) is 17.2. The SMILES string of the molecule is CCCCCCc1ccc(-c2cnc(OC(=O)c3ccc(CC)cc3)cn2)cc1. The van der Waals surface area contributed by atoms with Crippen LogP contribution in [0.3, 0.4) is 0 Å². The normalized spacial score (nSPS) is 10.7. The molecule has 0 aliphatic carbocycles. The van der Waals surface area contributed by atoms with Gasteiger partial charge < -0.3 is 4.74 Å². The van der Waals surface area contributed by atoms with Crippen molar-refractivity contribution in [3.8, 4) is 17.1 Å². The topological polar surface area (TPSA) is 52.1 Å². The summed E-state index contributed by atoms with van der Waals surface area (Å²) < 4.78 is 5.34. The molecule has 0 fully saturated rings. The molecule has 3 aromatic rings. The number of carbonyl (C=O) groups is 1. The van der Waals surface area contributed by atoms with E-state index in [9.17, 15) is 4.79 Å². The van der Waals surface area contributed by atoms with E-state index in [0.717, 1.165) is 24.1 Å². The summed E-state index contributed by atoms with van der Waals surface area (Å²) in [5.74, 6) is -0.229. The minimum absolute atomic E-state index is 0.200. The van der Waals surface area contributed by atoms with Crippen LogP contribution in [0.25, 0.3) is 11.3 Å². The quantitative estimate of drug-likeness (QED) is 0.331. The van der Waals surface area contributed by atoms with Gasteiger partial charge in [0.2, 0.25) is 5.88 Å². The van der Waals surface area contributed by atoms with E-state index in [0.29, 0.717) is 5.56 Å². The monoisotopic (exact) mass is 388 g/mol. The lowest BCUT2D eigenvalue weighted by atomic mass is 10.0. The Morgan fingerprint density at radius 2 is 1.55 bits per heavy atom. The highest BCUT2D eigenvalue weighted by Crippen LogP contribution is 2.19. The molecule has 3 rings (SSSR count). The van der Waals surface area contributed by atoms with Crippen molar-refractivity contribution in [1.29, 1.82) is 0 Å². The van der Waals surface area contributed by atoms with Crippen LogP contribution in [0.15, 0.2) is 60.9 Å². The van der Waals surface area contributed by atoms with Crippen molar-refractivity contribution in [1.82, 2.24) is 9.97 Å². The minimum atomic E-state index is -0.429. The summed E-state index contributed by atoms with van der Waals surface area (Å²) in [6, 6.07) is 15.8. The molecule has 0 aliphatic heterocycles. The van der Waals surface area contributed by atoms with Crippen molar-refractivity contribution in [3.05, 3.63) is 77.6 Å². The molecule has 0 radical (unpaired) electrons. The largest absolute Gasteiger partial charge is 0.402 e. The van der Waals surface area contributed by atoms with E-state index >= 15 is 0 Å². The van der Waals surface area contributed by atoms with E-state index in [-0.39, 0.29) is 5.88 Å². The van der Waals surface area contributed by atoms with Crippen molar-refractivity contribution < 1.29 is 9.53 Å². The molecular formula is C25H28N2O2. The zero-order valence-corrected chi connectivity index (χ0v) is 17.2. The number of aryl methyl sites for hydroxylation is 2. The fourth-order valence-corrected chi connectivity index (χ4v) is 3.15. The molecule has 0 saturated heterocycles. The van der Waals surface area contributed by atoms with Gasteiger partial charge in [0.15, 0.2) is 0 Å². The number of hydrogen-bond acceptors (Lipinski definition) is 4. The van der Waals surface area contributed by atoms with E-state index in [2.05, 4.69) is 48.1 Å². The zero-order chi connectivity index (χ0) is 20.5. The first-order valence-corrected chi connectivity index (χ1v) is 10.4. The standard InChI is InChI=1S/C25H28N2O2/c1-3-5-6-7-8-20-11-13-21(14-12-20)23-17-27-24(18-26-23)29-25(28)22-15-9-19(4-2)10-16-22/h9-18H,3-8H2,1-2H3. The Morgan fingerprint density at radius 1 is 0.828 bits per heavy atom. The Morgan fingerprint density at radius 3 is 2.17 bits per heavy atom. The van der Waals surface area contributed by atoms with E-state index in [1.807, 2.05) is 12.1 Å². The van der Waals surface area contributed by atoms with Crippen LogP contribution in [-0.2, 0) is 12.8 Å². The molecule has 1 heterocycles. The minimum Gasteiger partial charge on any atom is -0.402 e. The summed E-state index contributed by atoms with van der Waals surface area (Å²) in [7, 11) is 0. The Bertz CT molecular complexity index is 901. The molecule has 29 heavy (non-hydrogen) atoms. The smallest absolute Gasteiger partial charge is 0.344 e. The number of rotatable bonds is 9. The number of nitrogens with zero attached hydrogens (tertiary/aromatic N) is 2. The van der Waals surface area contributed by atoms with Gasteiger partial charge in [-0.05, 0) is 42.5 Å². The van der Waals surface area contributed by atoms with Gasteiger partial charge in [-0.3, -0.25) is 0 Å². The number of hydrogen-bond donors (Lipinski definition) is 0. The van der Waals surface area contributed by atoms with E-state index in [1.165, 1.54) is 43.0 Å². The molecule has 0 saturated carbocycles. The molecule has 2 aromatic carbocycles. The van der Waals surface area contributed by atoms with Gasteiger partial charge in [-0.15, -0.1) is 0 Å². The van der Waals surface area contributed by atoms with Gasteiger partial charge >= 0.3 is 5.97 Å². The Hall–Kier alpha value is -3.01. The highest BCUT2D eigenvalue weighted by molar-refractivity contribution is 5.90. The Balaban J connectivity index is 1.58. The predicted octanol–water partition coefficient (Wildman–Crippen LogP) is 6.05. The van der Waals surface area contributed by atoms with Crippen LogP contribution in [0, 0.1) is 0 Å². The molecule has 0 unspecified atom stereocenters. The highest BCUT2D eigenvalue weighted by atomic mass is 16.5. The highest BCUT2D eigenvalue weighted by Gasteiger charge is 2.10. The van der Waals surface area contributed by atoms with Crippen LogP contribution in [0.2, 0.25) is 0 Å². The summed E-state index contributed by atoms with van der Waals surface area (Å²) in [5, 5.41) is 0. The number of unbranched alkanes of at least 4 members (excludes halogenated alkanes) is 3. The van der Waals surface area contributed by atoms with Crippen LogP contribution in [0.1, 0.15) is 61.0 Å². The summed E-state index contributed by atoms with van der Waals surface area (Å²) in [6.45, 7) is 4.30. The average Bonchev–Trinajstić information content (AvgIpc) is 2.78. The fraction of sp³-hybridized carbons (Fsp3) is 0.320. The van der Waals surface area contributed by atoms with E-state index in [1.54, 1.807) is 18.3 Å². The molecule has 0 atom stereocenters. The Labute approximate surface area is 173 Å². The second-order valence-electron chi connectivity index (χ2n) is 7.19. The van der Waals surface area contributed by atoms with E-state index < -0.39 is 5.97 Å². The lowest BCUT2D eigenvalue weighted by molar-refractivity contribution is 0.0727. The van der Waals surface area contributed by atoms with Crippen molar-refractivity contribution in [2.45, 2.75) is 52.4 Å². The van der Waals surface area contributed by atoms with Crippen LogP contribution in [0.5, 0.6) is 5.88 Å². The molecule has 0 aliphatic rings. The summed E-state index contributed by atoms with van der Waals surface area (Å²) in [4.78, 5) is 20.9. The second kappa shape index (κ2) is 10.5. The van der Waals surface area contributed by atoms with Crippen molar-refractivity contribution in [2.75, 3.05) is 0 Å². The lowest BCUT2D eigenvalue weighted by Crippen LogP contribution is -2.09. The average molecular weight is 389 g/mol. The molecule has 0 N–H and O–H groups in total. The third-order valence-electron chi connectivity index (χ3n) is 4.99. The molecule has 0 amide bonds. The maximum Gasteiger partial charge on any atom is 0.344 e. The molecule has 0 spiro atoms. The van der Waals surface area contributed by atoms with Gasteiger partial charge in [-0.2, -0.15) is 0 Å². The number of carbonyl (C=O) groups excluding carboxylic acids is 1. The molecule has 4 nitrogen and oxygen atoms in total. The third-order valence-corrected chi connectivity index (χ3v) is 4.99. The predicted molar refractivity (Wildman–Crippen MR) is 116 cm³/mol. The number of aromatic nitrogens is 2. The fourth-order valence-electron chi connectivity index (χ4n) is 3.15. The van der Waals surface area contributed by atoms with Gasteiger partial charge in [0, 0.05) is 5.56 Å². The number of esters is 1. The summed E-state index contributed by atoms with van der Waals surface area (Å²) in [5.41, 5.74) is 4.79. The first kappa shape index (κ1) is 20.7. The number of ether oxygens (including phenoxy) is 1. The van der Waals surface area contributed by atoms with Crippen LogP contribution >= 0.6 is 0 Å². The lowest BCUT2D eigenvalue weighted by Gasteiger charge is -2.06. The van der Waals surface area contributed by atoms with E-state index in [4.69, 9.17) is 4.74 Å². The maximum atomic E-state index is 12.2. The van der Waals surface area contributed by atoms with Crippen LogP contribution < -0.4 is 4.74 Å². The molecular weight excluding hydrogens is 360 g/mol. The van der Waals surface area contributed by atoms with Crippen LogP contribution in [-0.4, -0.2) is 15.9 Å². The van der Waals surface area contributed by atoms with Gasteiger partial charge in [-0.25, -0.2) is 14.8 Å². The number of benzene rings is 2. The first-order chi connectivity index (χ1) is 14.2. The Kier molecular flexibility index (Phi) is 7.51. The molecule has 4 heteroatoms. The van der Waals surface area contributed by atoms with Gasteiger partial charge in [-0.1, -0.05) is 69.5 Å². The van der Waals surface area contributed by atoms with Crippen LogP contribution in [0.4, 0.5) is 0 Å². The first-order valence-electron chi connectivity index (χ1n) is 10.4. The van der Waals surface area contributed by atoms with Crippen molar-refractivity contribution in [3.63, 3.8) is 0 Å². The third kappa shape index (κ3) is 5.98. The van der Waals surface area contributed by atoms with Crippen molar-refractivity contribution >= 4 is 5.97 Å². The second-order valence-corrected chi connectivity index (χ2v) is 7.19. The van der Waals surface area contributed by atoms with Crippen molar-refractivity contribution in [2.24, 2.45) is 0 Å². The summed E-state index contributed by atoms with van der Waals surface area (Å²) in [6.07, 6.45) is 10.2. The van der Waals surface area contributed by atoms with Gasteiger partial charge in [0.25, 0.3) is 0 Å². The summed E-state index contributed by atoms with van der Waals surface area (Å²) >= 11 is 0. The van der Waals surface area contributed by atoms with Gasteiger partial charge in [0.05, 0.1) is 23.7 Å².